The summed E-state index contributed by atoms with van der Waals surface area (Å²) in [5.74, 6) is 0.222. The van der Waals surface area contributed by atoms with Gasteiger partial charge in [-0.3, -0.25) is 4.79 Å². The number of phenolic OH excluding ortho intramolecular Hbond substituents is 1. The van der Waals surface area contributed by atoms with Crippen LogP contribution in [0, 0.1) is 19.0 Å². The molecule has 0 fully saturated rings. The first-order chi connectivity index (χ1) is 12.9. The van der Waals surface area contributed by atoms with Crippen LogP contribution in [0.2, 0.25) is 0 Å². The summed E-state index contributed by atoms with van der Waals surface area (Å²) in [5.41, 5.74) is 6.30. The number of aromatic hydroxyl groups is 1. The van der Waals surface area contributed by atoms with Crippen molar-refractivity contribution in [3.05, 3.63) is 74.7 Å². The van der Waals surface area contributed by atoms with Crippen LogP contribution in [0.5, 0.6) is 5.75 Å². The molecule has 1 N–H and O–H groups in total. The lowest BCUT2D eigenvalue weighted by molar-refractivity contribution is 0.0739. The SMILES string of the molecule is Cc1cc(-c2cccc3c2CCN(C(=O)c2ccc(F)s2)C3)cc(C)c1O. The van der Waals surface area contributed by atoms with E-state index in [0.29, 0.717) is 23.7 Å². The molecule has 1 aliphatic heterocycles. The van der Waals surface area contributed by atoms with Gasteiger partial charge in [0.15, 0.2) is 5.13 Å². The maximum Gasteiger partial charge on any atom is 0.264 e. The fraction of sp³-hybridized carbons (Fsp3) is 0.227. The Morgan fingerprint density at radius 3 is 2.56 bits per heavy atom. The molecule has 2 aromatic carbocycles. The first-order valence-electron chi connectivity index (χ1n) is 8.90. The lowest BCUT2D eigenvalue weighted by Gasteiger charge is -2.30. The van der Waals surface area contributed by atoms with Gasteiger partial charge in [-0.25, -0.2) is 0 Å². The molecule has 0 spiro atoms. The molecule has 1 aromatic heterocycles. The topological polar surface area (TPSA) is 40.5 Å². The summed E-state index contributed by atoms with van der Waals surface area (Å²) in [7, 11) is 0. The van der Waals surface area contributed by atoms with Gasteiger partial charge in [0.1, 0.15) is 5.75 Å². The fourth-order valence-electron chi connectivity index (χ4n) is 3.75. The largest absolute Gasteiger partial charge is 0.507 e. The van der Waals surface area contributed by atoms with Crippen molar-refractivity contribution in [1.29, 1.82) is 0 Å². The van der Waals surface area contributed by atoms with Gasteiger partial charge >= 0.3 is 0 Å². The fourth-order valence-corrected chi connectivity index (χ4v) is 4.45. The third-order valence-corrected chi connectivity index (χ3v) is 6.00. The zero-order valence-electron chi connectivity index (χ0n) is 15.3. The van der Waals surface area contributed by atoms with E-state index in [0.717, 1.165) is 45.6 Å². The van der Waals surface area contributed by atoms with Crippen molar-refractivity contribution in [2.24, 2.45) is 0 Å². The molecule has 1 aliphatic rings. The molecule has 3 aromatic rings. The molecule has 0 saturated carbocycles. The molecule has 3 nitrogen and oxygen atoms in total. The molecule has 0 aliphatic carbocycles. The van der Waals surface area contributed by atoms with Gasteiger partial charge in [-0.1, -0.05) is 18.2 Å². The number of hydrogen-bond donors (Lipinski definition) is 1. The lowest BCUT2D eigenvalue weighted by atomic mass is 9.89. The molecule has 5 heteroatoms. The number of aryl methyl sites for hydroxylation is 2. The lowest BCUT2D eigenvalue weighted by Crippen LogP contribution is -2.35. The Bertz CT molecular complexity index is 1020. The van der Waals surface area contributed by atoms with E-state index in [-0.39, 0.29) is 11.0 Å². The summed E-state index contributed by atoms with van der Waals surface area (Å²) in [6.07, 6.45) is 0.754. The van der Waals surface area contributed by atoms with Crippen LogP contribution in [0.15, 0.2) is 42.5 Å². The van der Waals surface area contributed by atoms with Gasteiger partial charge in [0.05, 0.1) is 4.88 Å². The van der Waals surface area contributed by atoms with Crippen molar-refractivity contribution in [3.63, 3.8) is 0 Å². The molecule has 4 rings (SSSR count). The van der Waals surface area contributed by atoms with Crippen LogP contribution in [0.3, 0.4) is 0 Å². The molecule has 1 amide bonds. The molecule has 138 valence electrons. The predicted molar refractivity (Wildman–Crippen MR) is 106 cm³/mol. The number of carbonyl (C=O) groups excluding carboxylic acids is 1. The summed E-state index contributed by atoms with van der Waals surface area (Å²) in [5, 5.41) is 9.72. The van der Waals surface area contributed by atoms with E-state index in [4.69, 9.17) is 0 Å². The second-order valence-corrected chi connectivity index (χ2v) is 8.02. The van der Waals surface area contributed by atoms with E-state index in [1.54, 1.807) is 11.0 Å². The standard InChI is InChI=1S/C22H20FNO2S/c1-13-10-16(11-14(2)21(13)25)17-5-3-4-15-12-24(9-8-18(15)17)22(26)19-6-7-20(23)27-19/h3-7,10-11,25H,8-9,12H2,1-2H3. The first kappa shape index (κ1) is 17.7. The maximum absolute atomic E-state index is 13.3. The van der Waals surface area contributed by atoms with Gasteiger partial charge in [0.2, 0.25) is 0 Å². The number of carbonyl (C=O) groups is 1. The van der Waals surface area contributed by atoms with E-state index in [9.17, 15) is 14.3 Å². The van der Waals surface area contributed by atoms with Crippen LogP contribution in [-0.2, 0) is 13.0 Å². The summed E-state index contributed by atoms with van der Waals surface area (Å²) in [6, 6.07) is 13.0. The van der Waals surface area contributed by atoms with Crippen LogP contribution in [-0.4, -0.2) is 22.5 Å². The second-order valence-electron chi connectivity index (χ2n) is 6.98. The van der Waals surface area contributed by atoms with Crippen LogP contribution in [0.4, 0.5) is 4.39 Å². The Kier molecular flexibility index (Phi) is 4.48. The van der Waals surface area contributed by atoms with Crippen molar-refractivity contribution in [2.45, 2.75) is 26.8 Å². The second kappa shape index (κ2) is 6.82. The Labute approximate surface area is 161 Å². The zero-order valence-corrected chi connectivity index (χ0v) is 16.1. The highest BCUT2D eigenvalue weighted by molar-refractivity contribution is 7.12. The van der Waals surface area contributed by atoms with Crippen molar-refractivity contribution < 1.29 is 14.3 Å². The Morgan fingerprint density at radius 2 is 1.89 bits per heavy atom. The number of halogens is 1. The van der Waals surface area contributed by atoms with E-state index >= 15 is 0 Å². The number of rotatable bonds is 2. The average molecular weight is 381 g/mol. The van der Waals surface area contributed by atoms with Crippen molar-refractivity contribution in [2.75, 3.05) is 6.54 Å². The molecule has 0 atom stereocenters. The van der Waals surface area contributed by atoms with E-state index in [1.807, 2.05) is 38.1 Å². The minimum Gasteiger partial charge on any atom is -0.507 e. The van der Waals surface area contributed by atoms with Crippen LogP contribution < -0.4 is 0 Å². The van der Waals surface area contributed by atoms with Gasteiger partial charge in [-0.2, -0.15) is 4.39 Å². The van der Waals surface area contributed by atoms with E-state index in [2.05, 4.69) is 6.07 Å². The summed E-state index contributed by atoms with van der Waals surface area (Å²) < 4.78 is 13.3. The Hall–Kier alpha value is -2.66. The minimum atomic E-state index is -0.337. The third kappa shape index (κ3) is 3.23. The zero-order chi connectivity index (χ0) is 19.1. The molecule has 0 bridgehead atoms. The summed E-state index contributed by atoms with van der Waals surface area (Å²) in [6.45, 7) is 4.94. The third-order valence-electron chi connectivity index (χ3n) is 5.14. The van der Waals surface area contributed by atoms with Crippen molar-refractivity contribution in [1.82, 2.24) is 4.90 Å². The Morgan fingerprint density at radius 1 is 1.15 bits per heavy atom. The Balaban J connectivity index is 1.67. The van der Waals surface area contributed by atoms with Crippen LogP contribution in [0.1, 0.15) is 31.9 Å². The van der Waals surface area contributed by atoms with Crippen LogP contribution in [0.25, 0.3) is 11.1 Å². The number of thiophene rings is 1. The summed E-state index contributed by atoms with van der Waals surface area (Å²) >= 11 is 0.894. The highest BCUT2D eigenvalue weighted by Gasteiger charge is 2.25. The van der Waals surface area contributed by atoms with Gasteiger partial charge in [0.25, 0.3) is 5.91 Å². The van der Waals surface area contributed by atoms with Crippen LogP contribution >= 0.6 is 11.3 Å². The summed E-state index contributed by atoms with van der Waals surface area (Å²) in [4.78, 5) is 14.9. The van der Waals surface area contributed by atoms with E-state index in [1.165, 1.54) is 11.6 Å². The molecule has 0 unspecified atom stereocenters. The normalized spacial score (nSPS) is 13.5. The molecular weight excluding hydrogens is 361 g/mol. The molecule has 0 saturated heterocycles. The maximum atomic E-state index is 13.3. The number of phenols is 1. The quantitative estimate of drug-likeness (QED) is 0.673. The molecule has 2 heterocycles. The number of amides is 1. The molecule has 0 radical (unpaired) electrons. The van der Waals surface area contributed by atoms with Crippen molar-refractivity contribution >= 4 is 17.2 Å². The average Bonchev–Trinajstić information content (AvgIpc) is 3.10. The molecular formula is C22H20FNO2S. The highest BCUT2D eigenvalue weighted by atomic mass is 32.1. The minimum absolute atomic E-state index is 0.115. The first-order valence-corrected chi connectivity index (χ1v) is 9.71. The van der Waals surface area contributed by atoms with Gasteiger partial charge < -0.3 is 10.0 Å². The van der Waals surface area contributed by atoms with Gasteiger partial charge in [-0.05, 0) is 77.9 Å². The number of benzene rings is 2. The van der Waals surface area contributed by atoms with E-state index < -0.39 is 0 Å². The predicted octanol–water partition coefficient (Wildman–Crippen LogP) is 5.08. The van der Waals surface area contributed by atoms with Gasteiger partial charge in [0, 0.05) is 13.1 Å². The smallest absolute Gasteiger partial charge is 0.264 e. The monoisotopic (exact) mass is 381 g/mol. The number of nitrogens with zero attached hydrogens (tertiary/aromatic N) is 1. The molecule has 27 heavy (non-hydrogen) atoms. The van der Waals surface area contributed by atoms with Gasteiger partial charge in [-0.15, -0.1) is 11.3 Å². The highest BCUT2D eigenvalue weighted by Crippen LogP contribution is 2.34. The number of hydrogen-bond acceptors (Lipinski definition) is 3. The number of fused-ring (bicyclic) bond motifs is 1. The van der Waals surface area contributed by atoms with Crippen molar-refractivity contribution in [3.8, 4) is 16.9 Å².